The lowest BCUT2D eigenvalue weighted by molar-refractivity contribution is 0.0866. The van der Waals surface area contributed by atoms with E-state index >= 15 is 0 Å². The van der Waals surface area contributed by atoms with Crippen LogP contribution in [-0.2, 0) is 0 Å². The Bertz CT molecular complexity index is 1840. The fraction of sp³-hybridized carbons (Fsp3) is 0.0357. The van der Waals surface area contributed by atoms with Gasteiger partial charge in [-0.15, -0.1) is 0 Å². The first-order valence-electron chi connectivity index (χ1n) is 11.4. The van der Waals surface area contributed by atoms with Crippen molar-refractivity contribution in [2.24, 2.45) is 0 Å². The van der Waals surface area contributed by atoms with Crippen molar-refractivity contribution in [2.45, 2.75) is 6.23 Å². The second-order valence-corrected chi connectivity index (χ2v) is 8.87. The molecule has 0 saturated heterocycles. The van der Waals surface area contributed by atoms with E-state index in [9.17, 15) is 24.8 Å². The smallest absolute Gasteiger partial charge is 0.265 e. The van der Waals surface area contributed by atoms with Gasteiger partial charge in [-0.3, -0.25) is 19.3 Å². The molecule has 4 aromatic carbocycles. The Morgan fingerprint density at radius 1 is 0.684 bits per heavy atom. The number of amides is 3. The van der Waals surface area contributed by atoms with E-state index in [0.29, 0.717) is 10.9 Å². The Labute approximate surface area is 215 Å². The van der Waals surface area contributed by atoms with Gasteiger partial charge < -0.3 is 16.6 Å². The van der Waals surface area contributed by atoms with Gasteiger partial charge in [-0.1, -0.05) is 6.07 Å². The molecule has 0 aliphatic carbocycles. The van der Waals surface area contributed by atoms with Crippen LogP contribution in [0.25, 0.3) is 10.8 Å². The molecule has 0 fully saturated rings. The van der Waals surface area contributed by atoms with E-state index < -0.39 is 23.9 Å². The summed E-state index contributed by atoms with van der Waals surface area (Å²) in [6, 6.07) is 18.6. The van der Waals surface area contributed by atoms with Gasteiger partial charge in [0.25, 0.3) is 17.7 Å². The molecule has 0 spiro atoms. The van der Waals surface area contributed by atoms with Gasteiger partial charge in [0.15, 0.2) is 6.23 Å². The lowest BCUT2D eigenvalue weighted by Gasteiger charge is -2.36. The number of aliphatic hydroxyl groups excluding tert-OH is 1. The van der Waals surface area contributed by atoms with Crippen LogP contribution in [0.5, 0.6) is 0 Å². The third-order valence-corrected chi connectivity index (χ3v) is 6.88. The molecule has 10 heteroatoms. The number of anilines is 4. The van der Waals surface area contributed by atoms with Crippen molar-refractivity contribution in [3.8, 4) is 12.1 Å². The summed E-state index contributed by atoms with van der Waals surface area (Å²) >= 11 is 0. The quantitative estimate of drug-likeness (QED) is 0.277. The normalized spacial score (nSPS) is 16.0. The average Bonchev–Trinajstić information content (AvgIpc) is 2.91. The molecule has 2 aliphatic heterocycles. The molecular weight excluding hydrogens is 484 g/mol. The van der Waals surface area contributed by atoms with Gasteiger partial charge in [-0.25, -0.2) is 4.90 Å². The van der Waals surface area contributed by atoms with E-state index in [1.807, 2.05) is 12.1 Å². The van der Waals surface area contributed by atoms with Crippen LogP contribution >= 0.6 is 0 Å². The number of nitrogens with zero attached hydrogens (tertiary/aromatic N) is 4. The number of rotatable bonds is 2. The van der Waals surface area contributed by atoms with E-state index in [1.54, 1.807) is 6.07 Å². The van der Waals surface area contributed by atoms with E-state index in [-0.39, 0.29) is 56.0 Å². The maximum absolute atomic E-state index is 13.6. The predicted octanol–water partition coefficient (Wildman–Crippen LogP) is 3.20. The fourth-order valence-corrected chi connectivity index (χ4v) is 5.07. The standard InChI is InChI=1S/C28H16N6O4/c29-11-13-1-3-15(9-21(13)31)33-25(35)17-5-7-19-24-20(8-6-18(23(17)24)26(33)36)28(38)34(27(19)37)16-4-2-14(12-30)22(32)10-16/h1-10,25,35H,31-32H2. The van der Waals surface area contributed by atoms with Crippen LogP contribution in [0.3, 0.4) is 0 Å². The highest BCUT2D eigenvalue weighted by molar-refractivity contribution is 6.37. The number of hydrogen-bond donors (Lipinski definition) is 3. The largest absolute Gasteiger partial charge is 0.398 e. The summed E-state index contributed by atoms with van der Waals surface area (Å²) in [5.74, 6) is -1.81. The van der Waals surface area contributed by atoms with Crippen LogP contribution in [0.1, 0.15) is 54.0 Å². The molecule has 0 saturated carbocycles. The van der Waals surface area contributed by atoms with Gasteiger partial charge in [0.2, 0.25) is 0 Å². The van der Waals surface area contributed by atoms with Gasteiger partial charge in [-0.05, 0) is 54.6 Å². The van der Waals surface area contributed by atoms with Crippen LogP contribution in [0.4, 0.5) is 22.7 Å². The van der Waals surface area contributed by atoms with Crippen molar-refractivity contribution in [3.63, 3.8) is 0 Å². The summed E-state index contributed by atoms with van der Waals surface area (Å²) in [6.07, 6.45) is -1.44. The van der Waals surface area contributed by atoms with Crippen LogP contribution in [0.2, 0.25) is 0 Å². The van der Waals surface area contributed by atoms with Crippen molar-refractivity contribution < 1.29 is 19.5 Å². The van der Waals surface area contributed by atoms with Crippen molar-refractivity contribution in [3.05, 3.63) is 94.0 Å². The van der Waals surface area contributed by atoms with E-state index in [0.717, 1.165) is 9.80 Å². The third kappa shape index (κ3) is 2.92. The van der Waals surface area contributed by atoms with Crippen LogP contribution in [0.15, 0.2) is 60.7 Å². The SMILES string of the molecule is N#Cc1ccc(N2C(=O)c3ccc4c5c(ccc(c35)C2=O)C(O)N(c2ccc(C#N)c(N)c2)C4=O)cc1N. The lowest BCUT2D eigenvalue weighted by Crippen LogP contribution is -2.42. The summed E-state index contributed by atoms with van der Waals surface area (Å²) < 4.78 is 0. The van der Waals surface area contributed by atoms with Crippen molar-refractivity contribution in [1.29, 1.82) is 10.5 Å². The summed E-state index contributed by atoms with van der Waals surface area (Å²) in [5.41, 5.74) is 14.0. The molecule has 1 unspecified atom stereocenters. The summed E-state index contributed by atoms with van der Waals surface area (Å²) in [7, 11) is 0. The zero-order valence-corrected chi connectivity index (χ0v) is 19.5. The van der Waals surface area contributed by atoms with E-state index in [4.69, 9.17) is 16.7 Å². The monoisotopic (exact) mass is 500 g/mol. The van der Waals surface area contributed by atoms with Gasteiger partial charge in [0.1, 0.15) is 12.1 Å². The number of carbonyl (C=O) groups is 3. The number of nitriles is 2. The number of hydrogen-bond acceptors (Lipinski definition) is 8. The Kier molecular flexibility index (Phi) is 4.73. The topological polar surface area (TPSA) is 178 Å². The number of nitrogen functional groups attached to an aromatic ring is 2. The van der Waals surface area contributed by atoms with Crippen LogP contribution < -0.4 is 21.3 Å². The minimum absolute atomic E-state index is 0.124. The first-order valence-corrected chi connectivity index (χ1v) is 11.4. The average molecular weight is 500 g/mol. The fourth-order valence-electron chi connectivity index (χ4n) is 5.07. The minimum Gasteiger partial charge on any atom is -0.398 e. The number of benzene rings is 4. The zero-order valence-electron chi connectivity index (χ0n) is 19.5. The molecule has 38 heavy (non-hydrogen) atoms. The van der Waals surface area contributed by atoms with Gasteiger partial charge in [-0.2, -0.15) is 10.5 Å². The minimum atomic E-state index is -1.44. The number of imide groups is 1. The second kappa shape index (κ2) is 7.90. The van der Waals surface area contributed by atoms with Crippen molar-refractivity contribution in [1.82, 2.24) is 0 Å². The van der Waals surface area contributed by atoms with Gasteiger partial charge in [0, 0.05) is 38.7 Å². The number of nitrogens with two attached hydrogens (primary N) is 2. The third-order valence-electron chi connectivity index (χ3n) is 6.88. The molecule has 1 atom stereocenters. The number of aliphatic hydroxyl groups is 1. The Hall–Kier alpha value is -5.71. The van der Waals surface area contributed by atoms with Gasteiger partial charge >= 0.3 is 0 Å². The Balaban J connectivity index is 1.51. The van der Waals surface area contributed by atoms with Crippen molar-refractivity contribution >= 4 is 51.2 Å². The van der Waals surface area contributed by atoms with Crippen molar-refractivity contribution in [2.75, 3.05) is 21.3 Å². The van der Waals surface area contributed by atoms with Gasteiger partial charge in [0.05, 0.1) is 28.2 Å². The molecule has 182 valence electrons. The molecule has 0 aromatic heterocycles. The molecule has 10 nitrogen and oxygen atoms in total. The first-order chi connectivity index (χ1) is 18.3. The summed E-state index contributed by atoms with van der Waals surface area (Å²) in [5, 5.41) is 30.2. The first kappa shape index (κ1) is 22.7. The van der Waals surface area contributed by atoms with Crippen LogP contribution in [0, 0.1) is 22.7 Å². The predicted molar refractivity (Wildman–Crippen MR) is 138 cm³/mol. The van der Waals surface area contributed by atoms with E-state index in [1.165, 1.54) is 54.6 Å². The molecule has 5 N–H and O–H groups in total. The summed E-state index contributed by atoms with van der Waals surface area (Å²) in [6.45, 7) is 0. The van der Waals surface area contributed by atoms with Crippen LogP contribution in [-0.4, -0.2) is 22.8 Å². The summed E-state index contributed by atoms with van der Waals surface area (Å²) in [4.78, 5) is 42.8. The molecule has 0 bridgehead atoms. The highest BCUT2D eigenvalue weighted by atomic mass is 16.3. The molecule has 3 amide bonds. The molecule has 6 rings (SSSR count). The highest BCUT2D eigenvalue weighted by Crippen LogP contribution is 2.43. The lowest BCUT2D eigenvalue weighted by atomic mass is 9.85. The molecule has 4 aromatic rings. The highest BCUT2D eigenvalue weighted by Gasteiger charge is 2.40. The zero-order chi connectivity index (χ0) is 26.9. The maximum Gasteiger partial charge on any atom is 0.265 e. The molecule has 2 aliphatic rings. The molecule has 2 heterocycles. The maximum atomic E-state index is 13.6. The number of carbonyl (C=O) groups excluding carboxylic acids is 3. The Morgan fingerprint density at radius 3 is 1.74 bits per heavy atom. The molecular formula is C28H16N6O4. The molecule has 0 radical (unpaired) electrons. The second-order valence-electron chi connectivity index (χ2n) is 8.87. The van der Waals surface area contributed by atoms with E-state index in [2.05, 4.69) is 0 Å². The Morgan fingerprint density at radius 2 is 1.18 bits per heavy atom.